The zero-order valence-electron chi connectivity index (χ0n) is 11.4. The van der Waals surface area contributed by atoms with Gasteiger partial charge in [0.1, 0.15) is 5.82 Å². The van der Waals surface area contributed by atoms with Crippen LogP contribution in [0.15, 0.2) is 29.2 Å². The number of rotatable bonds is 6. The lowest BCUT2D eigenvalue weighted by Gasteiger charge is -2.21. The van der Waals surface area contributed by atoms with Gasteiger partial charge in [0.05, 0.1) is 17.7 Å². The Kier molecular flexibility index (Phi) is 4.87. The van der Waals surface area contributed by atoms with E-state index in [4.69, 9.17) is 5.73 Å². The molecule has 2 rings (SSSR count). The van der Waals surface area contributed by atoms with Crippen LogP contribution in [-0.4, -0.2) is 23.1 Å². The quantitative estimate of drug-likeness (QED) is 0.880. The van der Waals surface area contributed by atoms with Crippen molar-refractivity contribution in [2.45, 2.75) is 32.4 Å². The molecule has 0 saturated heterocycles. The Labute approximate surface area is 118 Å². The first-order valence-corrected chi connectivity index (χ1v) is 7.42. The van der Waals surface area contributed by atoms with Crippen LogP contribution in [0.25, 0.3) is 0 Å². The lowest BCUT2D eigenvalue weighted by atomic mass is 10.1. The van der Waals surface area contributed by atoms with Crippen molar-refractivity contribution < 1.29 is 0 Å². The Morgan fingerprint density at radius 3 is 2.95 bits per heavy atom. The predicted molar refractivity (Wildman–Crippen MR) is 80.4 cm³/mol. The molecule has 2 aromatic rings. The third-order valence-electron chi connectivity index (χ3n) is 3.12. The summed E-state index contributed by atoms with van der Waals surface area (Å²) in [6.07, 6.45) is 3.67. The highest BCUT2D eigenvalue weighted by Gasteiger charge is 2.12. The molecule has 0 spiro atoms. The van der Waals surface area contributed by atoms with E-state index in [0.717, 1.165) is 30.9 Å². The molecule has 2 N–H and O–H groups in total. The number of anilines is 1. The maximum Gasteiger partial charge on any atom is 0.131 e. The van der Waals surface area contributed by atoms with E-state index < -0.39 is 0 Å². The first-order valence-electron chi connectivity index (χ1n) is 6.48. The van der Waals surface area contributed by atoms with E-state index in [1.165, 1.54) is 5.56 Å². The molecule has 19 heavy (non-hydrogen) atoms. The summed E-state index contributed by atoms with van der Waals surface area (Å²) < 4.78 is 0. The molecule has 0 radical (unpaired) electrons. The molecule has 4 nitrogen and oxygen atoms in total. The molecule has 102 valence electrons. The third-order valence-corrected chi connectivity index (χ3v) is 3.75. The second-order valence-corrected chi connectivity index (χ2v) is 5.41. The van der Waals surface area contributed by atoms with Gasteiger partial charge in [0.15, 0.2) is 0 Å². The SMILES string of the molecule is CCC(N)Cc1cccnc1N(C)Cc1cscn1. The minimum atomic E-state index is 0.190. The Morgan fingerprint density at radius 1 is 1.42 bits per heavy atom. The van der Waals surface area contributed by atoms with Crippen LogP contribution < -0.4 is 10.6 Å². The summed E-state index contributed by atoms with van der Waals surface area (Å²) in [6.45, 7) is 2.88. The molecule has 2 aromatic heterocycles. The summed E-state index contributed by atoms with van der Waals surface area (Å²) >= 11 is 1.62. The van der Waals surface area contributed by atoms with Gasteiger partial charge in [-0.1, -0.05) is 13.0 Å². The zero-order valence-corrected chi connectivity index (χ0v) is 12.2. The summed E-state index contributed by atoms with van der Waals surface area (Å²) in [7, 11) is 2.04. The highest BCUT2D eigenvalue weighted by molar-refractivity contribution is 7.07. The molecule has 0 saturated carbocycles. The average molecular weight is 276 g/mol. The number of nitrogens with zero attached hydrogens (tertiary/aromatic N) is 3. The second kappa shape index (κ2) is 6.63. The Bertz CT molecular complexity index is 498. The normalized spacial score (nSPS) is 12.4. The zero-order chi connectivity index (χ0) is 13.7. The Balaban J connectivity index is 2.14. The minimum Gasteiger partial charge on any atom is -0.354 e. The fraction of sp³-hybridized carbons (Fsp3) is 0.429. The largest absolute Gasteiger partial charge is 0.354 e. The van der Waals surface area contributed by atoms with Gasteiger partial charge in [0, 0.05) is 24.7 Å². The van der Waals surface area contributed by atoms with Gasteiger partial charge >= 0.3 is 0 Å². The number of nitrogens with two attached hydrogens (primary N) is 1. The fourth-order valence-corrected chi connectivity index (χ4v) is 2.54. The molecule has 2 heterocycles. The number of hydrogen-bond acceptors (Lipinski definition) is 5. The van der Waals surface area contributed by atoms with Crippen LogP contribution >= 0.6 is 11.3 Å². The lowest BCUT2D eigenvalue weighted by Crippen LogP contribution is -2.25. The molecule has 1 unspecified atom stereocenters. The van der Waals surface area contributed by atoms with E-state index in [0.29, 0.717) is 0 Å². The first kappa shape index (κ1) is 14.0. The van der Waals surface area contributed by atoms with E-state index in [1.54, 1.807) is 11.3 Å². The topological polar surface area (TPSA) is 55.0 Å². The smallest absolute Gasteiger partial charge is 0.131 e. The average Bonchev–Trinajstić information content (AvgIpc) is 2.92. The van der Waals surface area contributed by atoms with Crippen molar-refractivity contribution in [2.24, 2.45) is 5.73 Å². The van der Waals surface area contributed by atoms with Crippen LogP contribution in [-0.2, 0) is 13.0 Å². The van der Waals surface area contributed by atoms with E-state index in [2.05, 4.69) is 33.2 Å². The van der Waals surface area contributed by atoms with Crippen molar-refractivity contribution in [1.29, 1.82) is 0 Å². The number of thiazole rings is 1. The number of pyridine rings is 1. The van der Waals surface area contributed by atoms with E-state index >= 15 is 0 Å². The highest BCUT2D eigenvalue weighted by atomic mass is 32.1. The van der Waals surface area contributed by atoms with Gasteiger partial charge in [-0.05, 0) is 24.5 Å². The standard InChI is InChI=1S/C14H20N4S/c1-3-12(15)7-11-5-4-6-16-14(11)18(2)8-13-9-19-10-17-13/h4-6,9-10,12H,3,7-8,15H2,1-2H3. The Morgan fingerprint density at radius 2 is 2.26 bits per heavy atom. The van der Waals surface area contributed by atoms with Gasteiger partial charge in [-0.2, -0.15) is 0 Å². The van der Waals surface area contributed by atoms with Gasteiger partial charge in [0.2, 0.25) is 0 Å². The first-order chi connectivity index (χ1) is 9.20. The van der Waals surface area contributed by atoms with Gasteiger partial charge in [-0.3, -0.25) is 0 Å². The van der Waals surface area contributed by atoms with E-state index in [-0.39, 0.29) is 6.04 Å². The Hall–Kier alpha value is -1.46. The maximum absolute atomic E-state index is 6.05. The highest BCUT2D eigenvalue weighted by Crippen LogP contribution is 2.19. The molecule has 0 amide bonds. The number of aromatic nitrogens is 2. The molecule has 5 heteroatoms. The van der Waals surface area contributed by atoms with Crippen molar-refractivity contribution in [3.63, 3.8) is 0 Å². The van der Waals surface area contributed by atoms with Crippen molar-refractivity contribution in [3.05, 3.63) is 40.5 Å². The monoisotopic (exact) mass is 276 g/mol. The van der Waals surface area contributed by atoms with Gasteiger partial charge in [-0.25, -0.2) is 9.97 Å². The van der Waals surface area contributed by atoms with Crippen LogP contribution in [0.4, 0.5) is 5.82 Å². The lowest BCUT2D eigenvalue weighted by molar-refractivity contribution is 0.643. The van der Waals surface area contributed by atoms with Gasteiger partial charge in [-0.15, -0.1) is 11.3 Å². The van der Waals surface area contributed by atoms with Crippen LogP contribution in [0.2, 0.25) is 0 Å². The van der Waals surface area contributed by atoms with E-state index in [9.17, 15) is 0 Å². The summed E-state index contributed by atoms with van der Waals surface area (Å²) in [5, 5.41) is 2.07. The molecular formula is C14H20N4S. The van der Waals surface area contributed by atoms with Crippen LogP contribution in [0.1, 0.15) is 24.6 Å². The molecule has 0 fully saturated rings. The molecular weight excluding hydrogens is 256 g/mol. The van der Waals surface area contributed by atoms with Crippen molar-refractivity contribution in [1.82, 2.24) is 9.97 Å². The summed E-state index contributed by atoms with van der Waals surface area (Å²) in [4.78, 5) is 10.9. The molecule has 0 aliphatic carbocycles. The van der Waals surface area contributed by atoms with Crippen LogP contribution in [0.5, 0.6) is 0 Å². The van der Waals surface area contributed by atoms with E-state index in [1.807, 2.05) is 24.8 Å². The minimum absolute atomic E-state index is 0.190. The van der Waals surface area contributed by atoms with Gasteiger partial charge < -0.3 is 10.6 Å². The second-order valence-electron chi connectivity index (χ2n) is 4.69. The molecule has 0 aromatic carbocycles. The molecule has 0 aliphatic rings. The van der Waals surface area contributed by atoms with Crippen molar-refractivity contribution in [3.8, 4) is 0 Å². The predicted octanol–water partition coefficient (Wildman–Crippen LogP) is 2.45. The number of hydrogen-bond donors (Lipinski definition) is 1. The third kappa shape index (κ3) is 3.75. The summed E-state index contributed by atoms with van der Waals surface area (Å²) in [5.41, 5.74) is 10.2. The summed E-state index contributed by atoms with van der Waals surface area (Å²) in [6, 6.07) is 4.27. The van der Waals surface area contributed by atoms with Crippen molar-refractivity contribution in [2.75, 3.05) is 11.9 Å². The van der Waals surface area contributed by atoms with Gasteiger partial charge in [0.25, 0.3) is 0 Å². The van der Waals surface area contributed by atoms with Crippen LogP contribution in [0.3, 0.4) is 0 Å². The summed E-state index contributed by atoms with van der Waals surface area (Å²) in [5.74, 6) is 0.999. The van der Waals surface area contributed by atoms with Crippen molar-refractivity contribution >= 4 is 17.2 Å². The molecule has 0 bridgehead atoms. The molecule has 1 atom stereocenters. The fourth-order valence-electron chi connectivity index (χ4n) is 1.99. The van der Waals surface area contributed by atoms with Crippen LogP contribution in [0, 0.1) is 0 Å². The maximum atomic E-state index is 6.05. The molecule has 0 aliphatic heterocycles.